The van der Waals surface area contributed by atoms with Crippen LogP contribution in [0.1, 0.15) is 5.56 Å². The third-order valence-electron chi connectivity index (χ3n) is 1.18. The van der Waals surface area contributed by atoms with Crippen LogP contribution in [0.5, 0.6) is 0 Å². The molecule has 0 spiro atoms. The van der Waals surface area contributed by atoms with Crippen LogP contribution in [-0.4, -0.2) is 9.55 Å². The Hall–Kier alpha value is -0.177. The maximum atomic E-state index is 10.7. The van der Waals surface area contributed by atoms with Crippen molar-refractivity contribution in [1.82, 2.24) is 9.55 Å². The van der Waals surface area contributed by atoms with Gasteiger partial charge in [-0.3, -0.25) is 4.79 Å². The summed E-state index contributed by atoms with van der Waals surface area (Å²) in [5.41, 5.74) is -0.553. The second-order valence-corrected chi connectivity index (χ2v) is 2.02. The van der Waals surface area contributed by atoms with Crippen LogP contribution in [0.4, 0.5) is 0 Å². The van der Waals surface area contributed by atoms with Gasteiger partial charge in [0.05, 0.1) is 0 Å². The van der Waals surface area contributed by atoms with Crippen LogP contribution in [0.3, 0.4) is 0 Å². The molecule has 1 N–H and O–H groups in total. The molecule has 11 heavy (non-hydrogen) atoms. The summed E-state index contributed by atoms with van der Waals surface area (Å²) < 4.78 is 1.27. The molecule has 0 aliphatic heterocycles. The average Bonchev–Trinajstić information content (AvgIpc) is 1.84. The summed E-state index contributed by atoms with van der Waals surface area (Å²) in [6.07, 6.45) is 1.39. The summed E-state index contributed by atoms with van der Waals surface area (Å²) in [5, 5.41) is 0. The summed E-state index contributed by atoms with van der Waals surface area (Å²) in [4.78, 5) is 23.4. The van der Waals surface area contributed by atoms with Gasteiger partial charge in [-0.15, -0.1) is 5.56 Å². The van der Waals surface area contributed by atoms with Gasteiger partial charge in [0, 0.05) is 45.2 Å². The van der Waals surface area contributed by atoms with E-state index in [1.807, 2.05) is 0 Å². The number of nitrogens with zero attached hydrogens (tertiary/aromatic N) is 1. The van der Waals surface area contributed by atoms with E-state index in [0.717, 1.165) is 0 Å². The van der Waals surface area contributed by atoms with Crippen LogP contribution >= 0.6 is 0 Å². The molecule has 1 heterocycles. The van der Waals surface area contributed by atoms with E-state index in [2.05, 4.69) is 11.9 Å². The zero-order valence-electron chi connectivity index (χ0n) is 5.86. The second kappa shape index (κ2) is 4.00. The molecule has 64 valence electrons. The SMILES string of the molecule is [CH2-]c1cn(C)c(=O)[nH]c1=O.[Dy]. The maximum absolute atomic E-state index is 10.7. The van der Waals surface area contributed by atoms with Gasteiger partial charge in [0.1, 0.15) is 5.56 Å². The minimum Gasteiger partial charge on any atom is -0.357 e. The number of aromatic amines is 1. The fourth-order valence-electron chi connectivity index (χ4n) is 0.617. The number of nitrogens with one attached hydrogen (secondary N) is 1. The van der Waals surface area contributed by atoms with Crippen molar-refractivity contribution in [3.8, 4) is 0 Å². The van der Waals surface area contributed by atoms with Crippen molar-refractivity contribution in [2.45, 2.75) is 0 Å². The average molecular weight is 302 g/mol. The van der Waals surface area contributed by atoms with Crippen molar-refractivity contribution in [3.63, 3.8) is 0 Å². The Bertz CT molecular complexity index is 321. The predicted molar refractivity (Wildman–Crippen MR) is 36.8 cm³/mol. The number of aryl methyl sites for hydroxylation is 1. The molecule has 1 rings (SSSR count). The third-order valence-corrected chi connectivity index (χ3v) is 1.18. The van der Waals surface area contributed by atoms with Gasteiger partial charge in [0.15, 0.2) is 0 Å². The quantitative estimate of drug-likeness (QED) is 0.642. The number of rotatable bonds is 0. The van der Waals surface area contributed by atoms with Gasteiger partial charge in [-0.1, -0.05) is 6.20 Å². The number of H-pyrrole nitrogens is 1. The van der Waals surface area contributed by atoms with Gasteiger partial charge >= 0.3 is 5.69 Å². The molecule has 0 radical (unpaired) electrons. The molecule has 5 heteroatoms. The molecule has 0 bridgehead atoms. The number of hydrogen-bond acceptors (Lipinski definition) is 2. The van der Waals surface area contributed by atoms with E-state index in [0.29, 0.717) is 5.56 Å². The van der Waals surface area contributed by atoms with Crippen molar-refractivity contribution in [2.24, 2.45) is 7.05 Å². The second-order valence-electron chi connectivity index (χ2n) is 2.02. The fourth-order valence-corrected chi connectivity index (χ4v) is 0.617. The fraction of sp³-hybridized carbons (Fsp3) is 0.167. The van der Waals surface area contributed by atoms with Gasteiger partial charge in [-0.2, -0.15) is 6.92 Å². The zero-order valence-corrected chi connectivity index (χ0v) is 7.89. The monoisotopic (exact) mass is 303 g/mol. The molecule has 1 aromatic rings. The van der Waals surface area contributed by atoms with E-state index >= 15 is 0 Å². The van der Waals surface area contributed by atoms with Crippen molar-refractivity contribution >= 4 is 0 Å². The number of aromatic nitrogens is 2. The Morgan fingerprint density at radius 3 is 2.55 bits per heavy atom. The van der Waals surface area contributed by atoms with Crippen molar-refractivity contribution in [1.29, 1.82) is 0 Å². The first kappa shape index (κ1) is 10.8. The van der Waals surface area contributed by atoms with Gasteiger partial charge in [-0.05, 0) is 0 Å². The molecule has 0 aliphatic rings. The standard InChI is InChI=1S/C6H7N2O2.Dy/c1-4-3-8(2)6(10)7-5(4)9;/h3H,1H2,2H3,(H,7,9,10);/q-1;. The summed E-state index contributed by atoms with van der Waals surface area (Å²) in [7, 11) is 1.55. The first-order valence-electron chi connectivity index (χ1n) is 2.73. The van der Waals surface area contributed by atoms with Crippen molar-refractivity contribution in [2.75, 3.05) is 0 Å². The van der Waals surface area contributed by atoms with Crippen LogP contribution in [0.2, 0.25) is 0 Å². The summed E-state index contributed by atoms with van der Waals surface area (Å²) in [6, 6.07) is 0. The van der Waals surface area contributed by atoms with Crippen LogP contribution < -0.4 is 11.2 Å². The molecular formula is C6H7DyN2O2-. The van der Waals surface area contributed by atoms with E-state index in [4.69, 9.17) is 0 Å². The molecule has 0 saturated heterocycles. The van der Waals surface area contributed by atoms with Crippen LogP contribution in [0, 0.1) is 45.1 Å². The Balaban J connectivity index is 0.000001000. The largest absolute Gasteiger partial charge is 0.357 e. The summed E-state index contributed by atoms with van der Waals surface area (Å²) >= 11 is 0. The Labute approximate surface area is 93.7 Å². The molecule has 1 aromatic heterocycles. The zero-order chi connectivity index (χ0) is 7.72. The van der Waals surface area contributed by atoms with E-state index in [-0.39, 0.29) is 38.2 Å². The molecule has 0 fully saturated rings. The Kier molecular flexibility index (Phi) is 3.94. The number of hydrogen-bond donors (Lipinski definition) is 1. The molecular weight excluding hydrogens is 295 g/mol. The minimum absolute atomic E-state index is 0. The van der Waals surface area contributed by atoms with Gasteiger partial charge < -0.3 is 14.3 Å². The van der Waals surface area contributed by atoms with Gasteiger partial charge in [0.2, 0.25) is 0 Å². The Morgan fingerprint density at radius 1 is 1.55 bits per heavy atom. The summed E-state index contributed by atoms with van der Waals surface area (Å²) in [5.74, 6) is 0. The molecule has 0 aromatic carbocycles. The normalized spacial score (nSPS) is 8.82. The van der Waals surface area contributed by atoms with Gasteiger partial charge in [-0.25, -0.2) is 0 Å². The third kappa shape index (κ3) is 2.40. The Morgan fingerprint density at radius 2 is 2.09 bits per heavy atom. The first-order valence-corrected chi connectivity index (χ1v) is 2.73. The van der Waals surface area contributed by atoms with E-state index in [1.54, 1.807) is 7.05 Å². The molecule has 0 amide bonds. The van der Waals surface area contributed by atoms with Crippen LogP contribution in [0.25, 0.3) is 0 Å². The summed E-state index contributed by atoms with van der Waals surface area (Å²) in [6.45, 7) is 3.42. The minimum atomic E-state index is -0.428. The van der Waals surface area contributed by atoms with Crippen molar-refractivity contribution in [3.05, 3.63) is 39.5 Å². The maximum Gasteiger partial charge on any atom is 0.305 e. The topological polar surface area (TPSA) is 54.9 Å². The molecule has 0 saturated carbocycles. The predicted octanol–water partition coefficient (Wildman–Crippen LogP) is -0.744. The smallest absolute Gasteiger partial charge is 0.305 e. The molecule has 4 nitrogen and oxygen atoms in total. The molecule has 0 atom stereocenters. The van der Waals surface area contributed by atoms with Crippen LogP contribution in [-0.2, 0) is 7.05 Å². The first-order chi connectivity index (χ1) is 4.61. The molecule has 0 aliphatic carbocycles. The van der Waals surface area contributed by atoms with Crippen molar-refractivity contribution < 1.29 is 38.2 Å². The molecule has 0 unspecified atom stereocenters. The van der Waals surface area contributed by atoms with E-state index in [9.17, 15) is 9.59 Å². The van der Waals surface area contributed by atoms with Gasteiger partial charge in [0.25, 0.3) is 0 Å². The van der Waals surface area contributed by atoms with E-state index in [1.165, 1.54) is 10.8 Å². The van der Waals surface area contributed by atoms with E-state index < -0.39 is 11.2 Å². The van der Waals surface area contributed by atoms with Crippen LogP contribution in [0.15, 0.2) is 15.8 Å².